The molecule has 2 nitrogen and oxygen atoms in total. The Hall–Kier alpha value is -1.74. The zero-order valence-electron chi connectivity index (χ0n) is 10.7. The van der Waals surface area contributed by atoms with Crippen LogP contribution < -0.4 is 5.32 Å². The Kier molecular flexibility index (Phi) is 4.05. The smallest absolute Gasteiger partial charge is 0.123 e. The maximum Gasteiger partial charge on any atom is 0.123 e. The maximum absolute atomic E-state index is 12.8. The summed E-state index contributed by atoms with van der Waals surface area (Å²) in [6.45, 7) is 4.79. The van der Waals surface area contributed by atoms with Crippen LogP contribution in [0.4, 0.5) is 4.39 Å². The first-order valence-corrected chi connectivity index (χ1v) is 6.05. The fourth-order valence-electron chi connectivity index (χ4n) is 1.74. The molecule has 94 valence electrons. The fourth-order valence-corrected chi connectivity index (χ4v) is 1.74. The van der Waals surface area contributed by atoms with Crippen molar-refractivity contribution in [2.24, 2.45) is 0 Å². The standard InChI is InChI=1S/C15H17FN2/c1-11-3-4-13(9-17-11)10-18-12(2)14-5-7-15(16)8-6-14/h3-9,12,18H,10H2,1-2H3/t12-/m1/s1. The zero-order chi connectivity index (χ0) is 13.0. The van der Waals surface area contributed by atoms with Gasteiger partial charge in [0.1, 0.15) is 5.82 Å². The number of rotatable bonds is 4. The van der Waals surface area contributed by atoms with Gasteiger partial charge in [-0.05, 0) is 43.2 Å². The average Bonchev–Trinajstić information content (AvgIpc) is 2.38. The second-order valence-corrected chi connectivity index (χ2v) is 4.46. The molecule has 18 heavy (non-hydrogen) atoms. The first-order chi connectivity index (χ1) is 8.65. The van der Waals surface area contributed by atoms with Crippen molar-refractivity contribution in [2.45, 2.75) is 26.4 Å². The van der Waals surface area contributed by atoms with Crippen molar-refractivity contribution in [1.29, 1.82) is 0 Å². The van der Waals surface area contributed by atoms with Crippen LogP contribution >= 0.6 is 0 Å². The van der Waals surface area contributed by atoms with Crippen LogP contribution in [0, 0.1) is 12.7 Å². The van der Waals surface area contributed by atoms with E-state index in [1.807, 2.05) is 19.2 Å². The van der Waals surface area contributed by atoms with Crippen LogP contribution in [0.2, 0.25) is 0 Å². The SMILES string of the molecule is Cc1ccc(CN[C@H](C)c2ccc(F)cc2)cn1. The summed E-state index contributed by atoms with van der Waals surface area (Å²) in [6, 6.07) is 10.8. The monoisotopic (exact) mass is 244 g/mol. The Morgan fingerprint density at radius 1 is 1.17 bits per heavy atom. The van der Waals surface area contributed by atoms with Crippen LogP contribution in [0.25, 0.3) is 0 Å². The van der Waals surface area contributed by atoms with Gasteiger partial charge in [0.05, 0.1) is 0 Å². The van der Waals surface area contributed by atoms with Gasteiger partial charge < -0.3 is 5.32 Å². The molecule has 0 aliphatic heterocycles. The van der Waals surface area contributed by atoms with Gasteiger partial charge in [-0.25, -0.2) is 4.39 Å². The molecule has 0 unspecified atom stereocenters. The first kappa shape index (κ1) is 12.7. The van der Waals surface area contributed by atoms with Crippen molar-refractivity contribution in [2.75, 3.05) is 0 Å². The van der Waals surface area contributed by atoms with E-state index in [9.17, 15) is 4.39 Å². The Morgan fingerprint density at radius 3 is 2.50 bits per heavy atom. The lowest BCUT2D eigenvalue weighted by molar-refractivity contribution is 0.570. The van der Waals surface area contributed by atoms with E-state index in [1.165, 1.54) is 12.1 Å². The van der Waals surface area contributed by atoms with E-state index in [4.69, 9.17) is 0 Å². The molecule has 0 fully saturated rings. The summed E-state index contributed by atoms with van der Waals surface area (Å²) < 4.78 is 12.8. The predicted octanol–water partition coefficient (Wildman–Crippen LogP) is 3.38. The highest BCUT2D eigenvalue weighted by Gasteiger charge is 2.04. The molecule has 0 radical (unpaired) electrons. The highest BCUT2D eigenvalue weighted by Crippen LogP contribution is 2.13. The Labute approximate surface area is 107 Å². The van der Waals surface area contributed by atoms with Gasteiger partial charge in [-0.3, -0.25) is 4.98 Å². The number of hydrogen-bond acceptors (Lipinski definition) is 2. The van der Waals surface area contributed by atoms with Crippen LogP contribution in [0.5, 0.6) is 0 Å². The number of hydrogen-bond donors (Lipinski definition) is 1. The summed E-state index contributed by atoms with van der Waals surface area (Å²) in [5.41, 5.74) is 3.25. The molecule has 1 aromatic heterocycles. The van der Waals surface area contributed by atoms with Gasteiger partial charge in [0.25, 0.3) is 0 Å². The molecule has 1 N–H and O–H groups in total. The molecule has 1 heterocycles. The molecule has 0 saturated heterocycles. The Morgan fingerprint density at radius 2 is 1.89 bits per heavy atom. The van der Waals surface area contributed by atoms with Crippen LogP contribution in [-0.2, 0) is 6.54 Å². The van der Waals surface area contributed by atoms with Crippen LogP contribution in [0.3, 0.4) is 0 Å². The molecule has 1 aromatic carbocycles. The minimum Gasteiger partial charge on any atom is -0.306 e. The summed E-state index contributed by atoms with van der Waals surface area (Å²) >= 11 is 0. The largest absolute Gasteiger partial charge is 0.306 e. The molecule has 0 aliphatic rings. The third-order valence-electron chi connectivity index (χ3n) is 2.95. The van der Waals surface area contributed by atoms with Crippen molar-refractivity contribution >= 4 is 0 Å². The molecule has 2 aromatic rings. The van der Waals surface area contributed by atoms with E-state index in [-0.39, 0.29) is 11.9 Å². The number of nitrogens with zero attached hydrogens (tertiary/aromatic N) is 1. The number of halogens is 1. The first-order valence-electron chi connectivity index (χ1n) is 6.05. The number of pyridine rings is 1. The van der Waals surface area contributed by atoms with E-state index in [2.05, 4.69) is 23.3 Å². The maximum atomic E-state index is 12.8. The highest BCUT2D eigenvalue weighted by atomic mass is 19.1. The van der Waals surface area contributed by atoms with Gasteiger partial charge in [0, 0.05) is 24.5 Å². The van der Waals surface area contributed by atoms with Gasteiger partial charge in [-0.2, -0.15) is 0 Å². The van der Waals surface area contributed by atoms with E-state index in [0.717, 1.165) is 23.4 Å². The van der Waals surface area contributed by atoms with Crippen molar-refractivity contribution in [1.82, 2.24) is 10.3 Å². The molecule has 3 heteroatoms. The molecular weight excluding hydrogens is 227 g/mol. The lowest BCUT2D eigenvalue weighted by Crippen LogP contribution is -2.18. The zero-order valence-corrected chi connectivity index (χ0v) is 10.7. The van der Waals surface area contributed by atoms with E-state index in [0.29, 0.717) is 0 Å². The minimum atomic E-state index is -0.200. The van der Waals surface area contributed by atoms with Crippen molar-refractivity contribution in [3.63, 3.8) is 0 Å². The number of aromatic nitrogens is 1. The summed E-state index contributed by atoms with van der Waals surface area (Å²) in [7, 11) is 0. The van der Waals surface area contributed by atoms with E-state index >= 15 is 0 Å². The molecule has 0 aliphatic carbocycles. The van der Waals surface area contributed by atoms with Gasteiger partial charge >= 0.3 is 0 Å². The van der Waals surface area contributed by atoms with Gasteiger partial charge in [0.2, 0.25) is 0 Å². The number of benzene rings is 1. The lowest BCUT2D eigenvalue weighted by Gasteiger charge is -2.14. The second-order valence-electron chi connectivity index (χ2n) is 4.46. The summed E-state index contributed by atoms with van der Waals surface area (Å²) in [6.07, 6.45) is 1.87. The predicted molar refractivity (Wildman–Crippen MR) is 70.6 cm³/mol. The number of nitrogens with one attached hydrogen (secondary N) is 1. The number of aryl methyl sites for hydroxylation is 1. The second kappa shape index (κ2) is 5.74. The van der Waals surface area contributed by atoms with E-state index in [1.54, 1.807) is 12.1 Å². The molecule has 0 spiro atoms. The van der Waals surface area contributed by atoms with E-state index < -0.39 is 0 Å². The van der Waals surface area contributed by atoms with Crippen molar-refractivity contribution in [3.05, 3.63) is 65.2 Å². The topological polar surface area (TPSA) is 24.9 Å². The summed E-state index contributed by atoms with van der Waals surface area (Å²) in [5.74, 6) is -0.200. The normalized spacial score (nSPS) is 12.4. The molecule has 2 rings (SSSR count). The fraction of sp³-hybridized carbons (Fsp3) is 0.267. The van der Waals surface area contributed by atoms with Crippen LogP contribution in [0.15, 0.2) is 42.6 Å². The van der Waals surface area contributed by atoms with Gasteiger partial charge in [-0.15, -0.1) is 0 Å². The molecule has 0 bridgehead atoms. The Bertz CT molecular complexity index is 491. The molecular formula is C15H17FN2. The van der Waals surface area contributed by atoms with Gasteiger partial charge in [-0.1, -0.05) is 18.2 Å². The van der Waals surface area contributed by atoms with Gasteiger partial charge in [0.15, 0.2) is 0 Å². The third-order valence-corrected chi connectivity index (χ3v) is 2.95. The molecule has 0 saturated carbocycles. The van der Waals surface area contributed by atoms with Crippen LogP contribution in [0.1, 0.15) is 29.8 Å². The summed E-state index contributed by atoms with van der Waals surface area (Å²) in [4.78, 5) is 4.25. The Balaban J connectivity index is 1.93. The minimum absolute atomic E-state index is 0.187. The summed E-state index contributed by atoms with van der Waals surface area (Å²) in [5, 5.41) is 3.39. The molecule has 0 amide bonds. The third kappa shape index (κ3) is 3.37. The lowest BCUT2D eigenvalue weighted by atomic mass is 10.1. The van der Waals surface area contributed by atoms with Crippen molar-refractivity contribution in [3.8, 4) is 0 Å². The quantitative estimate of drug-likeness (QED) is 0.891. The van der Waals surface area contributed by atoms with Crippen LogP contribution in [-0.4, -0.2) is 4.98 Å². The van der Waals surface area contributed by atoms with Crippen molar-refractivity contribution < 1.29 is 4.39 Å². The molecule has 1 atom stereocenters. The average molecular weight is 244 g/mol. The highest BCUT2D eigenvalue weighted by molar-refractivity contribution is 5.20.